The fourth-order valence-electron chi connectivity index (χ4n) is 3.30. The molecule has 10 heteroatoms. The van der Waals surface area contributed by atoms with Crippen molar-refractivity contribution in [1.29, 1.82) is 0 Å². The first-order valence-electron chi connectivity index (χ1n) is 9.19. The number of anilines is 1. The van der Waals surface area contributed by atoms with Crippen LogP contribution in [0, 0.1) is 6.92 Å². The number of aryl methyl sites for hydroxylation is 1. The SMILES string of the molecule is COc1ccc2nc(NC(=O)[C@H]3CCC(=O)N3S(=O)(=O)c3ccc(C)cc3)sc2c1. The number of hydrogen-bond acceptors (Lipinski definition) is 7. The van der Waals surface area contributed by atoms with Crippen LogP contribution >= 0.6 is 11.3 Å². The Morgan fingerprint density at radius 2 is 1.97 bits per heavy atom. The van der Waals surface area contributed by atoms with Crippen LogP contribution < -0.4 is 10.1 Å². The Labute approximate surface area is 177 Å². The largest absolute Gasteiger partial charge is 0.497 e. The lowest BCUT2D eigenvalue weighted by Gasteiger charge is -2.23. The van der Waals surface area contributed by atoms with E-state index in [0.29, 0.717) is 20.7 Å². The molecule has 0 bridgehead atoms. The van der Waals surface area contributed by atoms with Crippen LogP contribution in [0.2, 0.25) is 0 Å². The summed E-state index contributed by atoms with van der Waals surface area (Å²) in [7, 11) is -2.57. The molecule has 3 aromatic rings. The average molecular weight is 446 g/mol. The number of benzene rings is 2. The molecule has 0 aliphatic carbocycles. The number of methoxy groups -OCH3 is 1. The lowest BCUT2D eigenvalue weighted by atomic mass is 10.2. The first-order chi connectivity index (χ1) is 14.3. The molecule has 156 valence electrons. The number of carbonyl (C=O) groups is 2. The molecule has 1 saturated heterocycles. The van der Waals surface area contributed by atoms with Crippen molar-refractivity contribution in [1.82, 2.24) is 9.29 Å². The second-order valence-corrected chi connectivity index (χ2v) is 9.75. The van der Waals surface area contributed by atoms with Crippen LogP contribution in [-0.2, 0) is 19.6 Å². The quantitative estimate of drug-likeness (QED) is 0.647. The van der Waals surface area contributed by atoms with Gasteiger partial charge in [0.05, 0.1) is 22.2 Å². The van der Waals surface area contributed by atoms with Gasteiger partial charge >= 0.3 is 0 Å². The highest BCUT2D eigenvalue weighted by Gasteiger charge is 2.44. The van der Waals surface area contributed by atoms with Crippen molar-refractivity contribution in [3.8, 4) is 5.75 Å². The molecular formula is C20H19N3O5S2. The molecule has 0 radical (unpaired) electrons. The van der Waals surface area contributed by atoms with Crippen molar-refractivity contribution in [2.24, 2.45) is 0 Å². The van der Waals surface area contributed by atoms with E-state index in [1.807, 2.05) is 6.92 Å². The van der Waals surface area contributed by atoms with Gasteiger partial charge in [0.1, 0.15) is 11.8 Å². The van der Waals surface area contributed by atoms with E-state index in [1.165, 1.54) is 23.5 Å². The summed E-state index contributed by atoms with van der Waals surface area (Å²) in [4.78, 5) is 29.6. The predicted molar refractivity (Wildman–Crippen MR) is 113 cm³/mol. The number of aromatic nitrogens is 1. The molecule has 0 spiro atoms. The van der Waals surface area contributed by atoms with Gasteiger partial charge in [0.2, 0.25) is 11.8 Å². The maximum absolute atomic E-state index is 13.0. The van der Waals surface area contributed by atoms with Crippen molar-refractivity contribution < 1.29 is 22.7 Å². The zero-order valence-electron chi connectivity index (χ0n) is 16.3. The number of nitrogens with one attached hydrogen (secondary N) is 1. The number of sulfonamides is 1. The van der Waals surface area contributed by atoms with Gasteiger partial charge in [-0.1, -0.05) is 29.0 Å². The molecular weight excluding hydrogens is 426 g/mol. The van der Waals surface area contributed by atoms with E-state index in [0.717, 1.165) is 10.3 Å². The first-order valence-corrected chi connectivity index (χ1v) is 11.4. The van der Waals surface area contributed by atoms with Gasteiger partial charge in [-0.25, -0.2) is 17.7 Å². The molecule has 30 heavy (non-hydrogen) atoms. The van der Waals surface area contributed by atoms with Crippen LogP contribution in [0.15, 0.2) is 47.4 Å². The van der Waals surface area contributed by atoms with Crippen molar-refractivity contribution >= 4 is 48.5 Å². The molecule has 2 aromatic carbocycles. The van der Waals surface area contributed by atoms with Crippen molar-refractivity contribution in [3.05, 3.63) is 48.0 Å². The molecule has 0 unspecified atom stereocenters. The van der Waals surface area contributed by atoms with Gasteiger partial charge in [-0.2, -0.15) is 0 Å². The minimum atomic E-state index is -4.14. The summed E-state index contributed by atoms with van der Waals surface area (Å²) in [5, 5.41) is 2.99. The van der Waals surface area contributed by atoms with Crippen LogP contribution in [0.3, 0.4) is 0 Å². The second-order valence-electron chi connectivity index (χ2n) is 6.90. The summed E-state index contributed by atoms with van der Waals surface area (Å²) in [5.74, 6) is -0.506. The van der Waals surface area contributed by atoms with Crippen LogP contribution in [0.1, 0.15) is 18.4 Å². The summed E-state index contributed by atoms with van der Waals surface area (Å²) in [6, 6.07) is 10.4. The zero-order chi connectivity index (χ0) is 21.5. The maximum atomic E-state index is 13.0. The third-order valence-electron chi connectivity index (χ3n) is 4.87. The number of carbonyl (C=O) groups excluding carboxylic acids is 2. The Hall–Kier alpha value is -2.98. The number of hydrogen-bond donors (Lipinski definition) is 1. The van der Waals surface area contributed by atoms with E-state index >= 15 is 0 Å². The Balaban J connectivity index is 1.60. The summed E-state index contributed by atoms with van der Waals surface area (Å²) in [5.41, 5.74) is 1.58. The van der Waals surface area contributed by atoms with E-state index in [2.05, 4.69) is 10.3 Å². The molecule has 1 fully saturated rings. The molecule has 8 nitrogen and oxygen atoms in total. The number of amides is 2. The Morgan fingerprint density at radius 3 is 2.67 bits per heavy atom. The van der Waals surface area contributed by atoms with Gasteiger partial charge in [0.25, 0.3) is 10.0 Å². The maximum Gasteiger partial charge on any atom is 0.267 e. The average Bonchev–Trinajstić information content (AvgIpc) is 3.30. The molecule has 2 heterocycles. The number of ether oxygens (including phenoxy) is 1. The number of fused-ring (bicyclic) bond motifs is 1. The third kappa shape index (κ3) is 3.63. The normalized spacial score (nSPS) is 16.8. The van der Waals surface area contributed by atoms with Gasteiger partial charge in [0.15, 0.2) is 5.13 Å². The fraction of sp³-hybridized carbons (Fsp3) is 0.250. The molecule has 1 atom stereocenters. The summed E-state index contributed by atoms with van der Waals surface area (Å²) in [6.07, 6.45) is 0.106. The molecule has 0 saturated carbocycles. The molecule has 1 aliphatic rings. The smallest absolute Gasteiger partial charge is 0.267 e. The van der Waals surface area contributed by atoms with Crippen LogP contribution in [0.4, 0.5) is 5.13 Å². The van der Waals surface area contributed by atoms with Gasteiger partial charge in [-0.15, -0.1) is 0 Å². The van der Waals surface area contributed by atoms with Gasteiger partial charge in [0, 0.05) is 6.42 Å². The Bertz CT molecular complexity index is 1240. The van der Waals surface area contributed by atoms with E-state index in [9.17, 15) is 18.0 Å². The highest BCUT2D eigenvalue weighted by atomic mass is 32.2. The first kappa shape index (κ1) is 20.3. The Morgan fingerprint density at radius 1 is 1.23 bits per heavy atom. The van der Waals surface area contributed by atoms with Crippen molar-refractivity contribution in [2.45, 2.75) is 30.7 Å². The molecule has 2 amide bonds. The van der Waals surface area contributed by atoms with E-state index in [1.54, 1.807) is 37.4 Å². The van der Waals surface area contributed by atoms with Crippen LogP contribution in [-0.4, -0.2) is 42.7 Å². The standard InChI is InChI=1S/C20H19N3O5S2/c1-12-3-6-14(7-4-12)30(26,27)23-16(9-10-18(23)24)19(25)22-20-21-15-8-5-13(28-2)11-17(15)29-20/h3-8,11,16H,9-10H2,1-2H3,(H,21,22,25)/t16-/m1/s1. The Kier molecular flexibility index (Phi) is 5.20. The van der Waals surface area contributed by atoms with Gasteiger partial charge in [-0.05, 0) is 43.7 Å². The summed E-state index contributed by atoms with van der Waals surface area (Å²) in [6.45, 7) is 1.83. The van der Waals surface area contributed by atoms with Crippen molar-refractivity contribution in [2.75, 3.05) is 12.4 Å². The number of nitrogens with zero attached hydrogens (tertiary/aromatic N) is 2. The minimum absolute atomic E-state index is 0.0137. The molecule has 1 aromatic heterocycles. The van der Waals surface area contributed by atoms with E-state index < -0.39 is 27.9 Å². The lowest BCUT2D eigenvalue weighted by Crippen LogP contribution is -2.45. The van der Waals surface area contributed by atoms with Crippen LogP contribution in [0.25, 0.3) is 10.2 Å². The van der Waals surface area contributed by atoms with Crippen molar-refractivity contribution in [3.63, 3.8) is 0 Å². The topological polar surface area (TPSA) is 106 Å². The molecule has 4 rings (SSSR count). The lowest BCUT2D eigenvalue weighted by molar-refractivity contribution is -0.128. The van der Waals surface area contributed by atoms with Crippen LogP contribution in [0.5, 0.6) is 5.75 Å². The van der Waals surface area contributed by atoms with E-state index in [-0.39, 0.29) is 17.7 Å². The number of rotatable bonds is 5. The summed E-state index contributed by atoms with van der Waals surface area (Å²) < 4.78 is 32.8. The minimum Gasteiger partial charge on any atom is -0.497 e. The highest BCUT2D eigenvalue weighted by Crippen LogP contribution is 2.31. The molecule has 1 N–H and O–H groups in total. The molecule has 1 aliphatic heterocycles. The fourth-order valence-corrected chi connectivity index (χ4v) is 5.80. The zero-order valence-corrected chi connectivity index (χ0v) is 17.9. The summed E-state index contributed by atoms with van der Waals surface area (Å²) >= 11 is 1.25. The predicted octanol–water partition coefficient (Wildman–Crippen LogP) is 2.93. The van der Waals surface area contributed by atoms with Gasteiger partial charge < -0.3 is 10.1 Å². The second kappa shape index (κ2) is 7.69. The monoisotopic (exact) mass is 445 g/mol. The number of thiazole rings is 1. The van der Waals surface area contributed by atoms with Gasteiger partial charge in [-0.3, -0.25) is 9.59 Å². The highest BCUT2D eigenvalue weighted by molar-refractivity contribution is 7.89. The third-order valence-corrected chi connectivity index (χ3v) is 7.64. The van der Waals surface area contributed by atoms with E-state index in [4.69, 9.17) is 4.74 Å².